The van der Waals surface area contributed by atoms with Gasteiger partial charge in [0, 0.05) is 11.8 Å². The van der Waals surface area contributed by atoms with Crippen LogP contribution in [0, 0.1) is 0 Å². The molecule has 1 aliphatic rings. The van der Waals surface area contributed by atoms with Crippen molar-refractivity contribution in [1.82, 2.24) is 53.2 Å². The molecule has 0 radical (unpaired) electrons. The molecule has 0 spiro atoms. The molecule has 0 saturated carbocycles. The molecule has 0 aromatic heterocycles. The second kappa shape index (κ2) is 36.7. The number of rotatable bonds is 25. The highest BCUT2D eigenvalue weighted by Crippen LogP contribution is 2.32. The van der Waals surface area contributed by atoms with Gasteiger partial charge in [-0.2, -0.15) is 0 Å². The summed E-state index contributed by atoms with van der Waals surface area (Å²) in [6.45, 7) is 25.7. The lowest BCUT2D eigenvalue weighted by atomic mass is 9.97. The van der Waals surface area contributed by atoms with E-state index in [-0.39, 0.29) is 39.6 Å². The molecule has 0 unspecified atom stereocenters. The second-order valence-corrected chi connectivity index (χ2v) is 27.3. The van der Waals surface area contributed by atoms with Crippen molar-refractivity contribution in [3.63, 3.8) is 0 Å². The highest BCUT2D eigenvalue weighted by molar-refractivity contribution is 6.04. The van der Waals surface area contributed by atoms with E-state index in [2.05, 4.69) is 64.6 Å². The van der Waals surface area contributed by atoms with Gasteiger partial charge in [0.2, 0.25) is 59.1 Å². The minimum absolute atomic E-state index is 0.0648. The Kier molecular flexibility index (Phi) is 29.9. The van der Waals surface area contributed by atoms with Gasteiger partial charge in [-0.25, -0.2) is 4.79 Å². The van der Waals surface area contributed by atoms with Gasteiger partial charge >= 0.3 is 6.09 Å². The van der Waals surface area contributed by atoms with Gasteiger partial charge in [0.25, 0.3) is 0 Å². The fourth-order valence-corrected chi connectivity index (χ4v) is 9.47. The summed E-state index contributed by atoms with van der Waals surface area (Å²) in [5.74, 6) is -7.13. The maximum absolute atomic E-state index is 13.8. The van der Waals surface area contributed by atoms with Crippen LogP contribution in [0.2, 0.25) is 0 Å². The van der Waals surface area contributed by atoms with Crippen LogP contribution in [0.1, 0.15) is 116 Å². The van der Waals surface area contributed by atoms with Crippen molar-refractivity contribution in [2.45, 2.75) is 181 Å². The van der Waals surface area contributed by atoms with Crippen LogP contribution in [0.3, 0.4) is 0 Å². The number of ether oxygens (including phenoxy) is 8. The molecule has 4 aromatic carbocycles. The fraction of sp³-hybridized carbons (Fsp3) is 0.557. The largest absolute Gasteiger partial charge is 0.487 e. The summed E-state index contributed by atoms with van der Waals surface area (Å²) < 4.78 is 45.5. The van der Waals surface area contributed by atoms with E-state index in [0.717, 1.165) is 27.1 Å². The van der Waals surface area contributed by atoms with Gasteiger partial charge < -0.3 is 96.4 Å². The molecule has 5 rings (SSSR count). The quantitative estimate of drug-likeness (QED) is 0.0425. The molecule has 6 atom stereocenters. The Morgan fingerprint density at radius 1 is 0.400 bits per heavy atom. The monoisotopic (exact) mass is 1400 g/mol. The van der Waals surface area contributed by atoms with Crippen molar-refractivity contribution in [1.29, 1.82) is 0 Å². The molecule has 0 bridgehead atoms. The van der Waals surface area contributed by atoms with Gasteiger partial charge in [0.05, 0.1) is 66.1 Å². The average molecular weight is 1400 g/mol. The van der Waals surface area contributed by atoms with Gasteiger partial charge in [-0.1, -0.05) is 48.5 Å². The Balaban J connectivity index is 1.06. The summed E-state index contributed by atoms with van der Waals surface area (Å²) in [6.07, 6.45) is -0.904. The third-order valence-electron chi connectivity index (χ3n) is 15.4. The standard InChI is InChI=1S/C70H101N11O19/c1-41(55(82)76-48-25-26-53-54(38-48)99-36-34-96-32-30-94-28-27-93-29-31-95-33-35-98-53)72-61(88)67(9,10)79-57(84)43(3)74-63(90)69(13,14)81-59(86)45(5)75-64(91)70(15,16)80-58(85)44(4)73-62(89)68(11,12)78-56(83)42(2)71-60(87)52(77-65(92)100-66(6,7)8)40-97-39-51-49-23-19-17-21-46(49)37-47-22-18-20-24-50(47)51/h17-26,37-38,41-45,52H,27-36,39-40H2,1-16H3,(H,71,87)(H,72,88)(H,73,89)(H,74,90)(H,75,91)(H,76,82)(H,77,92)(H,78,83)(H,79,84)(H,80,85)(H,81,86)/t41-,42-,43-,44-,45-,52-/m0/s1. The van der Waals surface area contributed by atoms with Gasteiger partial charge in [0.1, 0.15) is 77.2 Å². The van der Waals surface area contributed by atoms with Crippen LogP contribution in [0.5, 0.6) is 11.5 Å². The lowest BCUT2D eigenvalue weighted by Gasteiger charge is -2.32. The molecule has 550 valence electrons. The molecular weight excluding hydrogens is 1300 g/mol. The van der Waals surface area contributed by atoms with Gasteiger partial charge in [-0.3, -0.25) is 47.9 Å². The summed E-state index contributed by atoms with van der Waals surface area (Å²) in [6, 6.07) is 14.9. The van der Waals surface area contributed by atoms with Crippen LogP contribution < -0.4 is 68.0 Å². The van der Waals surface area contributed by atoms with Crippen LogP contribution >= 0.6 is 0 Å². The molecule has 1 heterocycles. The highest BCUT2D eigenvalue weighted by Gasteiger charge is 2.40. The molecule has 0 saturated heterocycles. The van der Waals surface area contributed by atoms with Crippen LogP contribution in [-0.2, 0) is 83.0 Å². The van der Waals surface area contributed by atoms with Crippen molar-refractivity contribution in [3.05, 3.63) is 78.4 Å². The maximum Gasteiger partial charge on any atom is 0.408 e. The third kappa shape index (κ3) is 25.5. The molecule has 100 heavy (non-hydrogen) atoms. The molecule has 0 fully saturated rings. The predicted octanol–water partition coefficient (Wildman–Crippen LogP) is 2.98. The Morgan fingerprint density at radius 3 is 1.14 bits per heavy atom. The molecule has 0 aliphatic carbocycles. The minimum atomic E-state index is -1.70. The number of hydrogen-bond acceptors (Lipinski definition) is 19. The van der Waals surface area contributed by atoms with Crippen molar-refractivity contribution in [2.75, 3.05) is 78.0 Å². The number of fused-ring (bicyclic) bond motifs is 3. The number of nitrogens with one attached hydrogen (secondary N) is 11. The van der Waals surface area contributed by atoms with Crippen LogP contribution in [-0.4, -0.2) is 202 Å². The number of benzene rings is 4. The zero-order chi connectivity index (χ0) is 74.3. The lowest BCUT2D eigenvalue weighted by Crippen LogP contribution is -2.65. The summed E-state index contributed by atoms with van der Waals surface area (Å²) in [7, 11) is 0. The smallest absolute Gasteiger partial charge is 0.408 e. The molecule has 11 N–H and O–H groups in total. The van der Waals surface area contributed by atoms with Crippen LogP contribution in [0.25, 0.3) is 21.5 Å². The second-order valence-electron chi connectivity index (χ2n) is 27.3. The van der Waals surface area contributed by atoms with E-state index in [1.165, 1.54) is 90.0 Å². The number of carbonyl (C=O) groups is 11. The first-order valence-electron chi connectivity index (χ1n) is 33.1. The van der Waals surface area contributed by atoms with Crippen molar-refractivity contribution < 1.29 is 90.6 Å². The summed E-state index contributed by atoms with van der Waals surface area (Å²) in [4.78, 5) is 149. The molecule has 1 aliphatic heterocycles. The number of carbonyl (C=O) groups excluding carboxylic acids is 11. The molecule has 30 heteroatoms. The van der Waals surface area contributed by atoms with E-state index in [0.29, 0.717) is 56.8 Å². The number of anilines is 1. The Labute approximate surface area is 583 Å². The van der Waals surface area contributed by atoms with Gasteiger partial charge in [0.15, 0.2) is 11.5 Å². The SMILES string of the molecule is C[C@H](NC(=O)[C@H](COCc1c2ccccc2cc2ccccc12)NC(=O)OC(C)(C)C)C(=O)NC(C)(C)C(=O)N[C@@H](C)C(=O)NC(C)(C)C(=O)N[C@@H](C)C(=O)NC(C)(C)C(=O)N[C@@H](C)C(=O)NC(C)(C)C(=O)N[C@@H](C)C(=O)Nc1ccc2c(c1)OCCOCCOCCOCCOCCO2. The third-order valence-corrected chi connectivity index (χ3v) is 15.4. The zero-order valence-corrected chi connectivity index (χ0v) is 60.1. The molecule has 11 amide bonds. The lowest BCUT2D eigenvalue weighted by molar-refractivity contribution is -0.139. The van der Waals surface area contributed by atoms with E-state index >= 15 is 0 Å². The average Bonchev–Trinajstić information content (AvgIpc) is 0.779. The van der Waals surface area contributed by atoms with Crippen molar-refractivity contribution in [3.8, 4) is 11.5 Å². The zero-order valence-electron chi connectivity index (χ0n) is 60.1. The van der Waals surface area contributed by atoms with E-state index in [1.807, 2.05) is 48.5 Å². The van der Waals surface area contributed by atoms with E-state index in [4.69, 9.17) is 37.9 Å². The van der Waals surface area contributed by atoms with Crippen LogP contribution in [0.15, 0.2) is 72.8 Å². The summed E-state index contributed by atoms with van der Waals surface area (Å²) >= 11 is 0. The minimum Gasteiger partial charge on any atom is -0.487 e. The fourth-order valence-electron chi connectivity index (χ4n) is 9.47. The van der Waals surface area contributed by atoms with E-state index < -0.39 is 129 Å². The van der Waals surface area contributed by atoms with Crippen molar-refractivity contribution in [2.24, 2.45) is 0 Å². The summed E-state index contributed by atoms with van der Waals surface area (Å²) in [5.41, 5.74) is -6.41. The molecule has 4 aromatic rings. The predicted molar refractivity (Wildman–Crippen MR) is 371 cm³/mol. The first kappa shape index (κ1) is 81.4. The first-order valence-corrected chi connectivity index (χ1v) is 33.1. The Morgan fingerprint density at radius 2 is 0.750 bits per heavy atom. The van der Waals surface area contributed by atoms with Crippen molar-refractivity contribution >= 4 is 92.4 Å². The van der Waals surface area contributed by atoms with Crippen LogP contribution in [0.4, 0.5) is 10.5 Å². The maximum atomic E-state index is 13.8. The number of hydrogen-bond donors (Lipinski definition) is 11. The van der Waals surface area contributed by atoms with Gasteiger partial charge in [-0.15, -0.1) is 0 Å². The van der Waals surface area contributed by atoms with Gasteiger partial charge in [-0.05, 0) is 156 Å². The van der Waals surface area contributed by atoms with E-state index in [1.54, 1.807) is 39.0 Å². The Bertz CT molecular complexity index is 3500. The normalized spacial score (nSPS) is 15.7. The topological polar surface area (TPSA) is 394 Å². The highest BCUT2D eigenvalue weighted by atomic mass is 16.6. The molecule has 30 nitrogen and oxygen atoms in total. The molecular formula is C70H101N11O19. The summed E-state index contributed by atoms with van der Waals surface area (Å²) in [5, 5.41) is 32.1. The number of amides is 11. The Hall–Kier alpha value is -9.23. The number of alkyl carbamates (subject to hydrolysis) is 1. The first-order chi connectivity index (χ1) is 46.8. The van der Waals surface area contributed by atoms with E-state index in [9.17, 15) is 52.7 Å².